The molecule has 27 heavy (non-hydrogen) atoms. The zero-order chi connectivity index (χ0) is 18.8. The monoisotopic (exact) mass is 361 g/mol. The van der Waals surface area contributed by atoms with Crippen LogP contribution in [-0.4, -0.2) is 15.6 Å². The molecule has 1 amide bonds. The van der Waals surface area contributed by atoms with E-state index in [2.05, 4.69) is 15.0 Å². The fourth-order valence-corrected chi connectivity index (χ4v) is 3.35. The number of para-hydroxylation sites is 2. The molecule has 0 unspecified atom stereocenters. The first-order valence-corrected chi connectivity index (χ1v) is 8.87. The first-order valence-electron chi connectivity index (χ1n) is 8.87. The molecule has 136 valence electrons. The maximum Gasteiger partial charge on any atom is 0.225 e. The van der Waals surface area contributed by atoms with Crippen LogP contribution in [0.2, 0.25) is 0 Å². The zero-order valence-electron chi connectivity index (χ0n) is 14.9. The second-order valence-corrected chi connectivity index (χ2v) is 6.49. The summed E-state index contributed by atoms with van der Waals surface area (Å²) in [5.74, 6) is 0.964. The molecular weight excluding hydrogens is 342 g/mol. The third-order valence-corrected chi connectivity index (χ3v) is 4.56. The van der Waals surface area contributed by atoms with Gasteiger partial charge in [0, 0.05) is 29.8 Å². The molecule has 6 heteroatoms. The van der Waals surface area contributed by atoms with Crippen LogP contribution in [0.15, 0.2) is 63.9 Å². The number of fused-ring (bicyclic) bond motifs is 2. The second kappa shape index (κ2) is 7.07. The summed E-state index contributed by atoms with van der Waals surface area (Å²) >= 11 is 0. The van der Waals surface area contributed by atoms with Gasteiger partial charge in [-0.3, -0.25) is 9.59 Å². The van der Waals surface area contributed by atoms with Crippen molar-refractivity contribution in [3.8, 4) is 0 Å². The van der Waals surface area contributed by atoms with Gasteiger partial charge in [0.15, 0.2) is 11.2 Å². The number of aromatic nitrogens is 2. The Kier molecular flexibility index (Phi) is 4.46. The Bertz CT molecular complexity index is 1130. The Morgan fingerprint density at radius 2 is 1.70 bits per heavy atom. The van der Waals surface area contributed by atoms with Crippen LogP contribution in [0.3, 0.4) is 0 Å². The summed E-state index contributed by atoms with van der Waals surface area (Å²) in [5, 5.41) is 7.88. The highest BCUT2D eigenvalue weighted by Gasteiger charge is 2.11. The molecule has 0 fully saturated rings. The highest BCUT2D eigenvalue weighted by atomic mass is 16.5. The van der Waals surface area contributed by atoms with E-state index in [0.717, 1.165) is 11.0 Å². The maximum absolute atomic E-state index is 12.7. The summed E-state index contributed by atoms with van der Waals surface area (Å²) in [6.45, 7) is 2.40. The quantitative estimate of drug-likeness (QED) is 0.548. The molecule has 6 nitrogen and oxygen atoms in total. The normalized spacial score (nSPS) is 11.1. The Morgan fingerprint density at radius 1 is 1.07 bits per heavy atom. The van der Waals surface area contributed by atoms with Gasteiger partial charge in [0.25, 0.3) is 0 Å². The third kappa shape index (κ3) is 3.33. The van der Waals surface area contributed by atoms with Gasteiger partial charge in [-0.1, -0.05) is 29.4 Å². The number of nitrogens with one attached hydrogen (secondary N) is 1. The Hall–Kier alpha value is -3.41. The average Bonchev–Trinajstić information content (AvgIpc) is 3.09. The minimum atomic E-state index is -0.113. The largest absolute Gasteiger partial charge is 0.360 e. The molecule has 2 aromatic carbocycles. The van der Waals surface area contributed by atoms with Crippen molar-refractivity contribution in [1.29, 1.82) is 0 Å². The molecule has 0 saturated heterocycles. The van der Waals surface area contributed by atoms with Gasteiger partial charge in [-0.05, 0) is 37.6 Å². The van der Waals surface area contributed by atoms with Crippen LogP contribution >= 0.6 is 0 Å². The molecule has 2 aromatic heterocycles. The van der Waals surface area contributed by atoms with E-state index in [9.17, 15) is 9.59 Å². The lowest BCUT2D eigenvalue weighted by atomic mass is 10.1. The lowest BCUT2D eigenvalue weighted by molar-refractivity contribution is -0.116. The molecule has 0 atom stereocenters. The fourth-order valence-electron chi connectivity index (χ4n) is 3.35. The van der Waals surface area contributed by atoms with Crippen molar-refractivity contribution in [2.75, 3.05) is 5.32 Å². The number of amides is 1. The minimum Gasteiger partial charge on any atom is -0.360 e. The molecule has 0 aliphatic carbocycles. The lowest BCUT2D eigenvalue weighted by Crippen LogP contribution is -2.15. The average molecular weight is 361 g/mol. The molecule has 4 aromatic rings. The Labute approximate surface area is 155 Å². The molecule has 2 heterocycles. The Morgan fingerprint density at radius 3 is 2.30 bits per heavy atom. The standard InChI is InChI=1S/C21H19N3O3/c1-14-13-19(23-27-14)22-20(25)11-6-12-24-17-9-4-2-7-15(17)21(26)16-8-3-5-10-18(16)24/h2-5,7-10,13H,6,11-12H2,1H3,(H,22,23,25). The second-order valence-electron chi connectivity index (χ2n) is 6.49. The number of hydrogen-bond donors (Lipinski definition) is 1. The van der Waals surface area contributed by atoms with E-state index in [1.807, 2.05) is 48.5 Å². The van der Waals surface area contributed by atoms with Crippen molar-refractivity contribution >= 4 is 33.5 Å². The SMILES string of the molecule is Cc1cc(NC(=O)CCCn2c3ccccc3c(=O)c3ccccc32)no1. The number of rotatable bonds is 5. The van der Waals surface area contributed by atoms with Crippen LogP contribution in [0.4, 0.5) is 5.82 Å². The fraction of sp³-hybridized carbons (Fsp3) is 0.190. The number of carbonyl (C=O) groups is 1. The van der Waals surface area contributed by atoms with E-state index < -0.39 is 0 Å². The van der Waals surface area contributed by atoms with Crippen LogP contribution in [0.1, 0.15) is 18.6 Å². The summed E-state index contributed by atoms with van der Waals surface area (Å²) in [5.41, 5.74) is 1.80. The molecule has 0 aliphatic rings. The van der Waals surface area contributed by atoms with Crippen LogP contribution < -0.4 is 10.7 Å². The molecule has 0 bridgehead atoms. The number of carbonyl (C=O) groups excluding carboxylic acids is 1. The van der Waals surface area contributed by atoms with Gasteiger partial charge in [-0.15, -0.1) is 0 Å². The number of aryl methyl sites for hydroxylation is 2. The summed E-state index contributed by atoms with van der Waals surface area (Å²) in [6.07, 6.45) is 0.986. The molecule has 0 spiro atoms. The molecular formula is C21H19N3O3. The van der Waals surface area contributed by atoms with Gasteiger partial charge >= 0.3 is 0 Å². The number of benzene rings is 2. The first kappa shape index (κ1) is 17.0. The predicted octanol–water partition coefficient (Wildman–Crippen LogP) is 3.87. The molecule has 4 rings (SSSR count). The summed E-state index contributed by atoms with van der Waals surface area (Å²) in [4.78, 5) is 24.9. The Balaban J connectivity index is 1.58. The van der Waals surface area contributed by atoms with E-state index in [4.69, 9.17) is 4.52 Å². The van der Waals surface area contributed by atoms with E-state index in [-0.39, 0.29) is 11.3 Å². The van der Waals surface area contributed by atoms with Crippen LogP contribution in [-0.2, 0) is 11.3 Å². The smallest absolute Gasteiger partial charge is 0.225 e. The maximum atomic E-state index is 12.7. The van der Waals surface area contributed by atoms with Crippen molar-refractivity contribution in [3.63, 3.8) is 0 Å². The summed E-state index contributed by atoms with van der Waals surface area (Å²) in [6, 6.07) is 16.9. The van der Waals surface area contributed by atoms with Crippen molar-refractivity contribution in [3.05, 3.63) is 70.6 Å². The highest BCUT2D eigenvalue weighted by molar-refractivity contribution is 5.93. The molecule has 0 saturated carbocycles. The zero-order valence-corrected chi connectivity index (χ0v) is 14.9. The lowest BCUT2D eigenvalue weighted by Gasteiger charge is -2.15. The van der Waals surface area contributed by atoms with Gasteiger partial charge in [0.2, 0.25) is 5.91 Å². The van der Waals surface area contributed by atoms with Crippen LogP contribution in [0, 0.1) is 6.92 Å². The number of anilines is 1. The van der Waals surface area contributed by atoms with E-state index >= 15 is 0 Å². The van der Waals surface area contributed by atoms with Gasteiger partial charge < -0.3 is 14.4 Å². The van der Waals surface area contributed by atoms with Gasteiger partial charge in [0.1, 0.15) is 5.76 Å². The number of nitrogens with zero attached hydrogens (tertiary/aromatic N) is 2. The van der Waals surface area contributed by atoms with E-state index in [1.54, 1.807) is 13.0 Å². The molecule has 0 radical (unpaired) electrons. The predicted molar refractivity (Wildman–Crippen MR) is 105 cm³/mol. The van der Waals surface area contributed by atoms with Crippen molar-refractivity contribution in [2.24, 2.45) is 0 Å². The van der Waals surface area contributed by atoms with Crippen LogP contribution in [0.5, 0.6) is 0 Å². The van der Waals surface area contributed by atoms with Crippen LogP contribution in [0.25, 0.3) is 21.8 Å². The third-order valence-electron chi connectivity index (χ3n) is 4.56. The molecule has 1 N–H and O–H groups in total. The topological polar surface area (TPSA) is 77.1 Å². The number of hydrogen-bond acceptors (Lipinski definition) is 4. The van der Waals surface area contributed by atoms with E-state index in [1.165, 1.54) is 0 Å². The van der Waals surface area contributed by atoms with Crippen molar-refractivity contribution in [2.45, 2.75) is 26.3 Å². The summed E-state index contributed by atoms with van der Waals surface area (Å²) in [7, 11) is 0. The van der Waals surface area contributed by atoms with Gasteiger partial charge in [-0.25, -0.2) is 0 Å². The first-order chi connectivity index (χ1) is 13.1. The van der Waals surface area contributed by atoms with E-state index in [0.29, 0.717) is 41.7 Å². The highest BCUT2D eigenvalue weighted by Crippen LogP contribution is 2.20. The minimum absolute atomic E-state index is 0.0385. The number of pyridine rings is 1. The van der Waals surface area contributed by atoms with Gasteiger partial charge in [-0.2, -0.15) is 0 Å². The van der Waals surface area contributed by atoms with Crippen molar-refractivity contribution < 1.29 is 9.32 Å². The molecule has 0 aliphatic heterocycles. The van der Waals surface area contributed by atoms with Gasteiger partial charge in [0.05, 0.1) is 11.0 Å². The summed E-state index contributed by atoms with van der Waals surface area (Å²) < 4.78 is 7.06. The van der Waals surface area contributed by atoms with Crippen molar-refractivity contribution in [1.82, 2.24) is 9.72 Å².